The van der Waals surface area contributed by atoms with Gasteiger partial charge in [-0.05, 0) is 35.4 Å². The number of hydrogen-bond acceptors (Lipinski definition) is 3. The molecule has 1 N–H and O–H groups in total. The molecule has 4 rings (SSSR count). The molecular formula is C24H18N4O. The van der Waals surface area contributed by atoms with E-state index in [1.165, 1.54) is 0 Å². The van der Waals surface area contributed by atoms with Gasteiger partial charge in [0.15, 0.2) is 0 Å². The first kappa shape index (κ1) is 18.2. The number of rotatable bonds is 5. The number of amides is 1. The summed E-state index contributed by atoms with van der Waals surface area (Å²) in [6.07, 6.45) is 3.59. The molecule has 0 atom stereocenters. The maximum Gasteiger partial charge on any atom is 0.252 e. The van der Waals surface area contributed by atoms with E-state index in [2.05, 4.69) is 16.5 Å². The van der Waals surface area contributed by atoms with E-state index in [1.54, 1.807) is 23.0 Å². The largest absolute Gasteiger partial charge is 0.348 e. The fraction of sp³-hybridized carbons (Fsp3) is 0.0417. The van der Waals surface area contributed by atoms with Crippen molar-refractivity contribution in [2.24, 2.45) is 0 Å². The summed E-state index contributed by atoms with van der Waals surface area (Å²) in [5, 5.41) is 16.7. The number of hydrogen-bond donors (Lipinski definition) is 1. The third-order valence-electron chi connectivity index (χ3n) is 4.69. The van der Waals surface area contributed by atoms with Crippen LogP contribution in [0.3, 0.4) is 0 Å². The van der Waals surface area contributed by atoms with E-state index < -0.39 is 0 Å². The quantitative estimate of drug-likeness (QED) is 0.561. The molecule has 5 heteroatoms. The molecule has 5 nitrogen and oxygen atoms in total. The van der Waals surface area contributed by atoms with Crippen LogP contribution in [-0.2, 0) is 6.54 Å². The highest BCUT2D eigenvalue weighted by Crippen LogP contribution is 2.27. The van der Waals surface area contributed by atoms with Crippen molar-refractivity contribution in [1.82, 2.24) is 15.1 Å². The second-order valence-electron chi connectivity index (χ2n) is 6.46. The topological polar surface area (TPSA) is 70.7 Å². The number of nitrogens with zero attached hydrogens (tertiary/aromatic N) is 3. The average Bonchev–Trinajstić information content (AvgIpc) is 3.32. The van der Waals surface area contributed by atoms with Gasteiger partial charge in [-0.25, -0.2) is 4.68 Å². The lowest BCUT2D eigenvalue weighted by molar-refractivity contribution is 0.0951. The van der Waals surface area contributed by atoms with E-state index in [1.807, 2.05) is 72.9 Å². The first-order chi connectivity index (χ1) is 14.3. The van der Waals surface area contributed by atoms with Crippen LogP contribution in [0.1, 0.15) is 21.5 Å². The third kappa shape index (κ3) is 3.78. The number of nitriles is 1. The standard InChI is InChI=1S/C24H18N4O/c25-16-18-8-1-3-10-20(18)21-11-4-5-12-22(21)24(29)26-17-19-9-2-6-13-23(19)28-15-7-14-27-28/h1-15H,17H2,(H,26,29). The van der Waals surface area contributed by atoms with Crippen molar-refractivity contribution in [3.63, 3.8) is 0 Å². The summed E-state index contributed by atoms with van der Waals surface area (Å²) in [4.78, 5) is 13.0. The molecule has 0 radical (unpaired) electrons. The molecule has 29 heavy (non-hydrogen) atoms. The van der Waals surface area contributed by atoms with Crippen LogP contribution in [0.25, 0.3) is 16.8 Å². The van der Waals surface area contributed by atoms with Crippen LogP contribution in [-0.4, -0.2) is 15.7 Å². The number of aromatic nitrogens is 2. The Morgan fingerprint density at radius 3 is 2.45 bits per heavy atom. The lowest BCUT2D eigenvalue weighted by Gasteiger charge is -2.13. The van der Waals surface area contributed by atoms with E-state index >= 15 is 0 Å². The molecule has 3 aromatic carbocycles. The van der Waals surface area contributed by atoms with Gasteiger partial charge in [-0.1, -0.05) is 54.6 Å². The minimum atomic E-state index is -0.191. The highest BCUT2D eigenvalue weighted by atomic mass is 16.1. The fourth-order valence-corrected chi connectivity index (χ4v) is 3.30. The van der Waals surface area contributed by atoms with E-state index in [0.717, 1.165) is 22.4 Å². The van der Waals surface area contributed by atoms with E-state index in [4.69, 9.17) is 0 Å². The minimum Gasteiger partial charge on any atom is -0.348 e. The molecule has 1 amide bonds. The van der Waals surface area contributed by atoms with Gasteiger partial charge in [-0.2, -0.15) is 10.4 Å². The normalized spacial score (nSPS) is 10.3. The summed E-state index contributed by atoms with van der Waals surface area (Å²) >= 11 is 0. The average molecular weight is 378 g/mol. The van der Waals surface area contributed by atoms with Gasteiger partial charge in [0.25, 0.3) is 5.91 Å². The molecule has 4 aromatic rings. The smallest absolute Gasteiger partial charge is 0.252 e. The number of nitrogens with one attached hydrogen (secondary N) is 1. The summed E-state index contributed by atoms with van der Waals surface area (Å²) in [7, 11) is 0. The van der Waals surface area contributed by atoms with Gasteiger partial charge in [0.1, 0.15) is 0 Å². The molecule has 140 valence electrons. The second-order valence-corrected chi connectivity index (χ2v) is 6.46. The third-order valence-corrected chi connectivity index (χ3v) is 4.69. The van der Waals surface area contributed by atoms with Crippen molar-refractivity contribution in [3.05, 3.63) is 108 Å². The van der Waals surface area contributed by atoms with Crippen molar-refractivity contribution < 1.29 is 4.79 Å². The summed E-state index contributed by atoms with van der Waals surface area (Å²) in [6.45, 7) is 0.364. The fourth-order valence-electron chi connectivity index (χ4n) is 3.30. The Kier molecular flexibility index (Phi) is 5.17. The Balaban J connectivity index is 1.61. The van der Waals surface area contributed by atoms with Gasteiger partial charge in [0.2, 0.25) is 0 Å². The zero-order valence-electron chi connectivity index (χ0n) is 15.6. The Morgan fingerprint density at radius 1 is 0.931 bits per heavy atom. The molecule has 0 saturated heterocycles. The molecule has 0 bridgehead atoms. The molecule has 1 aromatic heterocycles. The SMILES string of the molecule is N#Cc1ccccc1-c1ccccc1C(=O)NCc1ccccc1-n1cccn1. The Hall–Kier alpha value is -4.17. The lowest BCUT2D eigenvalue weighted by Crippen LogP contribution is -2.24. The summed E-state index contributed by atoms with van der Waals surface area (Å²) < 4.78 is 1.78. The summed E-state index contributed by atoms with van der Waals surface area (Å²) in [5.74, 6) is -0.191. The highest BCUT2D eigenvalue weighted by Gasteiger charge is 2.15. The van der Waals surface area contributed by atoms with Crippen LogP contribution in [0.5, 0.6) is 0 Å². The molecule has 0 saturated carbocycles. The maximum absolute atomic E-state index is 13.0. The van der Waals surface area contributed by atoms with E-state index in [-0.39, 0.29) is 5.91 Å². The van der Waals surface area contributed by atoms with Crippen molar-refractivity contribution in [1.29, 1.82) is 5.26 Å². The molecule has 0 aliphatic rings. The predicted molar refractivity (Wildman–Crippen MR) is 111 cm³/mol. The Labute approximate surface area is 168 Å². The second kappa shape index (κ2) is 8.24. The number of benzene rings is 3. The molecule has 0 spiro atoms. The van der Waals surface area contributed by atoms with Crippen molar-refractivity contribution in [2.75, 3.05) is 0 Å². The molecule has 0 unspecified atom stereocenters. The molecule has 0 aliphatic heterocycles. The van der Waals surface area contributed by atoms with Gasteiger partial charge in [0, 0.05) is 30.1 Å². The predicted octanol–water partition coefficient (Wildman–Crippen LogP) is 4.34. The molecular weight excluding hydrogens is 360 g/mol. The zero-order valence-corrected chi connectivity index (χ0v) is 15.6. The number of carbonyl (C=O) groups excluding carboxylic acids is 1. The van der Waals surface area contributed by atoms with Gasteiger partial charge in [-0.15, -0.1) is 0 Å². The number of carbonyl (C=O) groups is 1. The first-order valence-electron chi connectivity index (χ1n) is 9.22. The van der Waals surface area contributed by atoms with E-state index in [0.29, 0.717) is 17.7 Å². The van der Waals surface area contributed by atoms with Crippen LogP contribution in [0.15, 0.2) is 91.3 Å². The Bertz CT molecular complexity index is 1190. The van der Waals surface area contributed by atoms with Crippen LogP contribution >= 0.6 is 0 Å². The maximum atomic E-state index is 13.0. The van der Waals surface area contributed by atoms with Gasteiger partial charge >= 0.3 is 0 Å². The van der Waals surface area contributed by atoms with Crippen LogP contribution in [0, 0.1) is 11.3 Å². The summed E-state index contributed by atoms with van der Waals surface area (Å²) in [6, 6.07) is 26.5. The monoisotopic (exact) mass is 378 g/mol. The van der Waals surface area contributed by atoms with Crippen molar-refractivity contribution >= 4 is 5.91 Å². The van der Waals surface area contributed by atoms with Crippen LogP contribution in [0.4, 0.5) is 0 Å². The van der Waals surface area contributed by atoms with Crippen LogP contribution in [0.2, 0.25) is 0 Å². The van der Waals surface area contributed by atoms with Gasteiger partial charge in [0.05, 0.1) is 17.3 Å². The zero-order chi connectivity index (χ0) is 20.1. The minimum absolute atomic E-state index is 0.191. The van der Waals surface area contributed by atoms with Gasteiger partial charge in [-0.3, -0.25) is 4.79 Å². The Morgan fingerprint density at radius 2 is 1.66 bits per heavy atom. The number of para-hydroxylation sites is 1. The molecule has 0 fully saturated rings. The van der Waals surface area contributed by atoms with E-state index in [9.17, 15) is 10.1 Å². The highest BCUT2D eigenvalue weighted by molar-refractivity contribution is 6.01. The van der Waals surface area contributed by atoms with Crippen LogP contribution < -0.4 is 5.32 Å². The lowest BCUT2D eigenvalue weighted by atomic mass is 9.95. The van der Waals surface area contributed by atoms with Crippen molar-refractivity contribution in [3.8, 4) is 22.9 Å². The van der Waals surface area contributed by atoms with Gasteiger partial charge < -0.3 is 5.32 Å². The first-order valence-corrected chi connectivity index (χ1v) is 9.22. The summed E-state index contributed by atoms with van der Waals surface area (Å²) in [5.41, 5.74) is 4.43. The molecule has 0 aliphatic carbocycles. The molecule has 1 heterocycles. The van der Waals surface area contributed by atoms with Crippen molar-refractivity contribution in [2.45, 2.75) is 6.54 Å².